The largest absolute Gasteiger partial charge is 0.491 e. The fourth-order valence-corrected chi connectivity index (χ4v) is 2.67. The van der Waals surface area contributed by atoms with Gasteiger partial charge in [-0.2, -0.15) is 0 Å². The van der Waals surface area contributed by atoms with Gasteiger partial charge in [0, 0.05) is 18.4 Å². The minimum atomic E-state index is 0.216. The van der Waals surface area contributed by atoms with Crippen molar-refractivity contribution in [1.82, 2.24) is 9.55 Å². The average molecular weight is 352 g/mol. The van der Waals surface area contributed by atoms with Crippen molar-refractivity contribution in [2.24, 2.45) is 5.73 Å². The third kappa shape index (κ3) is 4.58. The van der Waals surface area contributed by atoms with Crippen LogP contribution in [0.3, 0.4) is 0 Å². The molecule has 0 aliphatic carbocycles. The minimum Gasteiger partial charge on any atom is -0.491 e. The van der Waals surface area contributed by atoms with Crippen molar-refractivity contribution < 1.29 is 4.74 Å². The predicted octanol–water partition coefficient (Wildman–Crippen LogP) is 3.31. The van der Waals surface area contributed by atoms with E-state index in [-0.39, 0.29) is 6.04 Å². The number of hydrogen-bond donors (Lipinski definition) is 1. The maximum Gasteiger partial charge on any atom is 0.133 e. The van der Waals surface area contributed by atoms with E-state index in [1.54, 1.807) is 6.20 Å². The Balaban J connectivity index is 1.90. The second-order valence-corrected chi connectivity index (χ2v) is 6.01. The molecule has 2 N–H and O–H groups in total. The van der Waals surface area contributed by atoms with E-state index >= 15 is 0 Å². The second-order valence-electron chi connectivity index (χ2n) is 5.15. The summed E-state index contributed by atoms with van der Waals surface area (Å²) in [6.07, 6.45) is 5.64. The lowest BCUT2D eigenvalue weighted by atomic mass is 10.0. The zero-order chi connectivity index (χ0) is 15.2. The third-order valence-electron chi connectivity index (χ3n) is 3.53. The first-order chi connectivity index (χ1) is 10.1. The molecule has 21 heavy (non-hydrogen) atoms. The Morgan fingerprint density at radius 2 is 2.24 bits per heavy atom. The zero-order valence-electron chi connectivity index (χ0n) is 12.6. The van der Waals surface area contributed by atoms with Crippen molar-refractivity contribution >= 4 is 15.9 Å². The Hall–Kier alpha value is -1.33. The number of aryl methyl sites for hydroxylation is 1. The van der Waals surface area contributed by atoms with Crippen LogP contribution in [0.5, 0.6) is 5.75 Å². The van der Waals surface area contributed by atoms with Crippen molar-refractivity contribution in [3.05, 3.63) is 46.5 Å². The zero-order valence-corrected chi connectivity index (χ0v) is 14.1. The number of hydrogen-bond acceptors (Lipinski definition) is 3. The third-order valence-corrected chi connectivity index (χ3v) is 4.15. The number of nitrogens with zero attached hydrogens (tertiary/aromatic N) is 2. The topological polar surface area (TPSA) is 53.1 Å². The van der Waals surface area contributed by atoms with E-state index in [0.717, 1.165) is 35.4 Å². The lowest BCUT2D eigenvalue weighted by molar-refractivity contribution is 0.295. The van der Waals surface area contributed by atoms with Crippen LogP contribution >= 0.6 is 15.9 Å². The molecule has 5 heteroatoms. The molecule has 0 fully saturated rings. The van der Waals surface area contributed by atoms with Crippen molar-refractivity contribution in [1.29, 1.82) is 0 Å². The summed E-state index contributed by atoms with van der Waals surface area (Å²) >= 11 is 3.57. The standard InChI is InChI=1S/C16H22BrN3O/c1-3-14(18)10-13-4-5-16(15(17)11-13)21-9-8-20-7-6-19-12(20)2/h4-7,11,14H,3,8-10,18H2,1-2H3. The molecule has 114 valence electrons. The molecule has 0 saturated carbocycles. The summed E-state index contributed by atoms with van der Waals surface area (Å²) in [7, 11) is 0. The molecule has 0 aliphatic rings. The van der Waals surface area contributed by atoms with Crippen LogP contribution < -0.4 is 10.5 Å². The van der Waals surface area contributed by atoms with Gasteiger partial charge in [0.1, 0.15) is 18.2 Å². The summed E-state index contributed by atoms with van der Waals surface area (Å²) in [5, 5.41) is 0. The minimum absolute atomic E-state index is 0.216. The summed E-state index contributed by atoms with van der Waals surface area (Å²) in [6.45, 7) is 5.50. The number of nitrogens with two attached hydrogens (primary N) is 1. The molecular formula is C16H22BrN3O. The van der Waals surface area contributed by atoms with E-state index < -0.39 is 0 Å². The molecule has 2 rings (SSSR count). The van der Waals surface area contributed by atoms with Gasteiger partial charge >= 0.3 is 0 Å². The van der Waals surface area contributed by atoms with Gasteiger partial charge in [-0.05, 0) is 53.4 Å². The van der Waals surface area contributed by atoms with Crippen molar-refractivity contribution in [3.63, 3.8) is 0 Å². The van der Waals surface area contributed by atoms with Gasteiger partial charge in [0.15, 0.2) is 0 Å². The summed E-state index contributed by atoms with van der Waals surface area (Å²) < 4.78 is 8.87. The van der Waals surface area contributed by atoms with Gasteiger partial charge in [0.25, 0.3) is 0 Å². The molecule has 0 saturated heterocycles. The van der Waals surface area contributed by atoms with Crippen molar-refractivity contribution in [3.8, 4) is 5.75 Å². The number of imidazole rings is 1. The van der Waals surface area contributed by atoms with Crippen molar-refractivity contribution in [2.45, 2.75) is 39.3 Å². The highest BCUT2D eigenvalue weighted by Gasteiger charge is 2.06. The first kappa shape index (κ1) is 16.0. The molecular weight excluding hydrogens is 330 g/mol. The Kier molecular flexibility index (Phi) is 5.82. The molecule has 1 atom stereocenters. The van der Waals surface area contributed by atoms with Crippen LogP contribution in [-0.2, 0) is 13.0 Å². The lowest BCUT2D eigenvalue weighted by Crippen LogP contribution is -2.21. The van der Waals surface area contributed by atoms with Gasteiger partial charge in [0.2, 0.25) is 0 Å². The second kappa shape index (κ2) is 7.61. The molecule has 2 aromatic rings. The maximum atomic E-state index is 5.99. The smallest absolute Gasteiger partial charge is 0.133 e. The van der Waals surface area contributed by atoms with Crippen LogP contribution in [0.15, 0.2) is 35.1 Å². The van der Waals surface area contributed by atoms with Gasteiger partial charge in [-0.15, -0.1) is 0 Å². The van der Waals surface area contributed by atoms with E-state index in [1.807, 2.05) is 19.2 Å². The van der Waals surface area contributed by atoms with Gasteiger partial charge in [-0.3, -0.25) is 0 Å². The highest BCUT2D eigenvalue weighted by molar-refractivity contribution is 9.10. The maximum absolute atomic E-state index is 5.99. The Morgan fingerprint density at radius 3 is 2.86 bits per heavy atom. The van der Waals surface area contributed by atoms with Crippen LogP contribution in [0.1, 0.15) is 24.7 Å². The summed E-state index contributed by atoms with van der Waals surface area (Å²) in [4.78, 5) is 4.19. The SMILES string of the molecule is CCC(N)Cc1ccc(OCCn2ccnc2C)c(Br)c1. The van der Waals surface area contributed by atoms with Crippen molar-refractivity contribution in [2.75, 3.05) is 6.61 Å². The Bertz CT molecular complexity index is 583. The molecule has 0 bridgehead atoms. The van der Waals surface area contributed by atoms with E-state index in [4.69, 9.17) is 10.5 Å². The molecule has 0 radical (unpaired) electrons. The molecule has 0 amide bonds. The highest BCUT2D eigenvalue weighted by Crippen LogP contribution is 2.26. The number of ether oxygens (including phenoxy) is 1. The molecule has 0 spiro atoms. The Labute approximate surface area is 134 Å². The van der Waals surface area contributed by atoms with E-state index in [1.165, 1.54) is 5.56 Å². The van der Waals surface area contributed by atoms with Crippen LogP contribution in [0.2, 0.25) is 0 Å². The predicted molar refractivity (Wildman–Crippen MR) is 88.6 cm³/mol. The first-order valence-electron chi connectivity index (χ1n) is 7.24. The molecule has 4 nitrogen and oxygen atoms in total. The van der Waals surface area contributed by atoms with Gasteiger partial charge in [-0.1, -0.05) is 13.0 Å². The summed E-state index contributed by atoms with van der Waals surface area (Å²) in [6, 6.07) is 6.39. The number of halogens is 1. The summed E-state index contributed by atoms with van der Waals surface area (Å²) in [5.41, 5.74) is 7.22. The number of aromatic nitrogens is 2. The Morgan fingerprint density at radius 1 is 1.43 bits per heavy atom. The quantitative estimate of drug-likeness (QED) is 0.832. The van der Waals surface area contributed by atoms with Crippen LogP contribution in [0.4, 0.5) is 0 Å². The van der Waals surface area contributed by atoms with Crippen LogP contribution in [0, 0.1) is 6.92 Å². The molecule has 1 aromatic carbocycles. The van der Waals surface area contributed by atoms with E-state index in [9.17, 15) is 0 Å². The van der Waals surface area contributed by atoms with Gasteiger partial charge in [0.05, 0.1) is 11.0 Å². The van der Waals surface area contributed by atoms with E-state index in [2.05, 4.69) is 44.5 Å². The van der Waals surface area contributed by atoms with E-state index in [0.29, 0.717) is 6.61 Å². The number of benzene rings is 1. The lowest BCUT2D eigenvalue weighted by Gasteiger charge is -2.12. The molecule has 0 aliphatic heterocycles. The number of rotatable bonds is 7. The van der Waals surface area contributed by atoms with Gasteiger partial charge < -0.3 is 15.0 Å². The monoisotopic (exact) mass is 351 g/mol. The van der Waals surface area contributed by atoms with Crippen LogP contribution in [0.25, 0.3) is 0 Å². The van der Waals surface area contributed by atoms with Crippen LogP contribution in [-0.4, -0.2) is 22.2 Å². The average Bonchev–Trinajstić information content (AvgIpc) is 2.86. The normalized spacial score (nSPS) is 12.4. The first-order valence-corrected chi connectivity index (χ1v) is 8.04. The molecule has 1 aromatic heterocycles. The van der Waals surface area contributed by atoms with Gasteiger partial charge in [-0.25, -0.2) is 4.98 Å². The molecule has 1 unspecified atom stereocenters. The fraction of sp³-hybridized carbons (Fsp3) is 0.438. The highest BCUT2D eigenvalue weighted by atomic mass is 79.9. The fourth-order valence-electron chi connectivity index (χ4n) is 2.13. The summed E-state index contributed by atoms with van der Waals surface area (Å²) in [5.74, 6) is 1.86. The molecule has 1 heterocycles.